The van der Waals surface area contributed by atoms with Crippen molar-refractivity contribution >= 4 is 12.2 Å². The van der Waals surface area contributed by atoms with E-state index in [9.17, 15) is 0 Å². The highest BCUT2D eigenvalue weighted by atomic mass is 15.3. The van der Waals surface area contributed by atoms with Gasteiger partial charge in [0.1, 0.15) is 0 Å². The number of aryl methyl sites for hydroxylation is 2. The fourth-order valence-corrected chi connectivity index (χ4v) is 1.58. The molecule has 0 saturated carbocycles. The van der Waals surface area contributed by atoms with Crippen LogP contribution in [0.1, 0.15) is 22.5 Å². The van der Waals surface area contributed by atoms with Gasteiger partial charge in [-0.05, 0) is 37.6 Å². The van der Waals surface area contributed by atoms with Crippen molar-refractivity contribution in [1.29, 1.82) is 5.26 Å². The number of benzene rings is 1. The number of nitriles is 1. The smallest absolute Gasteiger partial charge is 0.243 e. The van der Waals surface area contributed by atoms with Crippen LogP contribution in [0.3, 0.4) is 0 Å². The molecule has 1 N–H and O–H groups in total. The number of nitrogens with zero attached hydrogens (tertiary/aromatic N) is 4. The standard InChI is InChI=1S/C14H13N5/c1-10-7-11(2)18-14(17-10)19-16-9-13-5-3-12(8-15)4-6-13/h3-7,9H,1-2H3,(H,17,18,19). The molecule has 2 rings (SSSR count). The fourth-order valence-electron chi connectivity index (χ4n) is 1.58. The number of rotatable bonds is 3. The maximum atomic E-state index is 8.69. The quantitative estimate of drug-likeness (QED) is 0.671. The first-order chi connectivity index (χ1) is 9.17. The average molecular weight is 251 g/mol. The van der Waals surface area contributed by atoms with Gasteiger partial charge in [0.05, 0.1) is 17.8 Å². The number of hydrogen-bond acceptors (Lipinski definition) is 5. The minimum atomic E-state index is 0.474. The Morgan fingerprint density at radius 2 is 1.79 bits per heavy atom. The zero-order chi connectivity index (χ0) is 13.7. The average Bonchev–Trinajstić information content (AvgIpc) is 2.38. The maximum Gasteiger partial charge on any atom is 0.243 e. The maximum absolute atomic E-state index is 8.69. The lowest BCUT2D eigenvalue weighted by atomic mass is 10.2. The van der Waals surface area contributed by atoms with E-state index in [1.807, 2.05) is 32.0 Å². The molecule has 2 aromatic rings. The van der Waals surface area contributed by atoms with Gasteiger partial charge in [-0.15, -0.1) is 0 Å². The molecule has 0 fully saturated rings. The Hall–Kier alpha value is -2.74. The van der Waals surface area contributed by atoms with Crippen molar-refractivity contribution in [3.8, 4) is 6.07 Å². The molecular weight excluding hydrogens is 238 g/mol. The van der Waals surface area contributed by atoms with Crippen molar-refractivity contribution < 1.29 is 0 Å². The summed E-state index contributed by atoms with van der Waals surface area (Å²) in [5.41, 5.74) is 6.10. The topological polar surface area (TPSA) is 74.0 Å². The highest BCUT2D eigenvalue weighted by Crippen LogP contribution is 2.04. The lowest BCUT2D eigenvalue weighted by Crippen LogP contribution is -1.99. The van der Waals surface area contributed by atoms with Gasteiger partial charge in [-0.1, -0.05) is 12.1 Å². The van der Waals surface area contributed by atoms with E-state index in [1.165, 1.54) is 0 Å². The summed E-state index contributed by atoms with van der Waals surface area (Å²) in [6.45, 7) is 3.81. The lowest BCUT2D eigenvalue weighted by molar-refractivity contribution is 1.04. The van der Waals surface area contributed by atoms with Crippen LogP contribution >= 0.6 is 0 Å². The van der Waals surface area contributed by atoms with Crippen LogP contribution in [0, 0.1) is 25.2 Å². The Morgan fingerprint density at radius 3 is 2.37 bits per heavy atom. The highest BCUT2D eigenvalue weighted by Gasteiger charge is 1.96. The molecule has 0 unspecified atom stereocenters. The minimum Gasteiger partial charge on any atom is -0.245 e. The van der Waals surface area contributed by atoms with E-state index in [0.29, 0.717) is 11.5 Å². The molecule has 0 atom stereocenters. The molecule has 0 bridgehead atoms. The molecule has 5 nitrogen and oxygen atoms in total. The third-order valence-corrected chi connectivity index (χ3v) is 2.40. The molecule has 1 heterocycles. The second kappa shape index (κ2) is 5.74. The minimum absolute atomic E-state index is 0.474. The van der Waals surface area contributed by atoms with Crippen LogP contribution < -0.4 is 5.43 Å². The summed E-state index contributed by atoms with van der Waals surface area (Å²) in [4.78, 5) is 8.43. The second-order valence-corrected chi connectivity index (χ2v) is 4.08. The molecule has 94 valence electrons. The van der Waals surface area contributed by atoms with Crippen molar-refractivity contribution in [3.63, 3.8) is 0 Å². The van der Waals surface area contributed by atoms with E-state index < -0.39 is 0 Å². The number of nitrogens with one attached hydrogen (secondary N) is 1. The summed E-state index contributed by atoms with van der Waals surface area (Å²) in [6.07, 6.45) is 1.65. The molecule has 0 aliphatic rings. The van der Waals surface area contributed by atoms with Gasteiger partial charge in [0.2, 0.25) is 5.95 Å². The third kappa shape index (κ3) is 3.61. The largest absolute Gasteiger partial charge is 0.245 e. The van der Waals surface area contributed by atoms with Crippen LogP contribution in [0.5, 0.6) is 0 Å². The predicted molar refractivity (Wildman–Crippen MR) is 73.9 cm³/mol. The fraction of sp³-hybridized carbons (Fsp3) is 0.143. The molecule has 0 spiro atoms. The highest BCUT2D eigenvalue weighted by molar-refractivity contribution is 5.80. The summed E-state index contributed by atoms with van der Waals surface area (Å²) < 4.78 is 0. The summed E-state index contributed by atoms with van der Waals surface area (Å²) in [6, 6.07) is 11.1. The molecule has 5 heteroatoms. The van der Waals surface area contributed by atoms with E-state index >= 15 is 0 Å². The van der Waals surface area contributed by atoms with E-state index in [2.05, 4.69) is 26.6 Å². The van der Waals surface area contributed by atoms with Gasteiger partial charge in [0.15, 0.2) is 0 Å². The zero-order valence-electron chi connectivity index (χ0n) is 10.8. The van der Waals surface area contributed by atoms with Crippen molar-refractivity contribution in [1.82, 2.24) is 9.97 Å². The molecule has 0 saturated heterocycles. The van der Waals surface area contributed by atoms with E-state index in [1.54, 1.807) is 18.3 Å². The first-order valence-electron chi connectivity index (χ1n) is 5.79. The number of aromatic nitrogens is 2. The summed E-state index contributed by atoms with van der Waals surface area (Å²) in [7, 11) is 0. The van der Waals surface area contributed by atoms with Gasteiger partial charge in [0.25, 0.3) is 0 Å². The normalized spacial score (nSPS) is 10.4. The molecule has 0 radical (unpaired) electrons. The molecular formula is C14H13N5. The Morgan fingerprint density at radius 1 is 1.16 bits per heavy atom. The van der Waals surface area contributed by atoms with Gasteiger partial charge in [0, 0.05) is 11.4 Å². The van der Waals surface area contributed by atoms with Crippen LogP contribution in [0.4, 0.5) is 5.95 Å². The first kappa shape index (κ1) is 12.7. The zero-order valence-corrected chi connectivity index (χ0v) is 10.8. The Bertz CT molecular complexity index is 618. The molecule has 1 aromatic carbocycles. The number of anilines is 1. The molecule has 1 aromatic heterocycles. The van der Waals surface area contributed by atoms with E-state index in [0.717, 1.165) is 17.0 Å². The summed E-state index contributed by atoms with van der Waals surface area (Å²) in [5.74, 6) is 0.474. The number of hydrogen-bond donors (Lipinski definition) is 1. The first-order valence-corrected chi connectivity index (χ1v) is 5.79. The van der Waals surface area contributed by atoms with Gasteiger partial charge >= 0.3 is 0 Å². The SMILES string of the molecule is Cc1cc(C)nc(NN=Cc2ccc(C#N)cc2)n1. The molecule has 0 amide bonds. The third-order valence-electron chi connectivity index (χ3n) is 2.40. The second-order valence-electron chi connectivity index (χ2n) is 4.08. The van der Waals surface area contributed by atoms with Crippen molar-refractivity contribution in [2.75, 3.05) is 5.43 Å². The van der Waals surface area contributed by atoms with Crippen LogP contribution in [0.25, 0.3) is 0 Å². The summed E-state index contributed by atoms with van der Waals surface area (Å²) >= 11 is 0. The van der Waals surface area contributed by atoms with Gasteiger partial charge in [-0.25, -0.2) is 15.4 Å². The monoisotopic (exact) mass is 251 g/mol. The van der Waals surface area contributed by atoms with Gasteiger partial charge in [-0.2, -0.15) is 10.4 Å². The van der Waals surface area contributed by atoms with E-state index in [-0.39, 0.29) is 0 Å². The molecule has 0 aliphatic carbocycles. The summed E-state index contributed by atoms with van der Waals surface area (Å²) in [5, 5.41) is 12.8. The Balaban J connectivity index is 2.04. The lowest BCUT2D eigenvalue weighted by Gasteiger charge is -2.01. The van der Waals surface area contributed by atoms with Crippen molar-refractivity contribution in [2.45, 2.75) is 13.8 Å². The van der Waals surface area contributed by atoms with Gasteiger partial charge in [-0.3, -0.25) is 0 Å². The predicted octanol–water partition coefficient (Wildman–Crippen LogP) is 2.41. The Labute approximate surface area is 111 Å². The van der Waals surface area contributed by atoms with Crippen LogP contribution in [0.2, 0.25) is 0 Å². The van der Waals surface area contributed by atoms with Crippen LogP contribution in [-0.2, 0) is 0 Å². The van der Waals surface area contributed by atoms with Crippen molar-refractivity contribution in [3.05, 3.63) is 52.8 Å². The van der Waals surface area contributed by atoms with Crippen LogP contribution in [-0.4, -0.2) is 16.2 Å². The Kier molecular flexibility index (Phi) is 3.84. The van der Waals surface area contributed by atoms with Crippen molar-refractivity contribution in [2.24, 2.45) is 5.10 Å². The molecule has 19 heavy (non-hydrogen) atoms. The van der Waals surface area contributed by atoms with Gasteiger partial charge < -0.3 is 0 Å². The van der Waals surface area contributed by atoms with E-state index in [4.69, 9.17) is 5.26 Å². The molecule has 0 aliphatic heterocycles. The number of hydrazone groups is 1. The van der Waals surface area contributed by atoms with Crippen LogP contribution in [0.15, 0.2) is 35.4 Å².